The first kappa shape index (κ1) is 29.3. The van der Waals surface area contributed by atoms with Crippen molar-refractivity contribution >= 4 is 34.6 Å². The number of fused-ring (bicyclic) bond motifs is 1. The molecule has 0 spiro atoms. The lowest BCUT2D eigenvalue weighted by molar-refractivity contribution is -0.144. The molecule has 0 saturated carbocycles. The summed E-state index contributed by atoms with van der Waals surface area (Å²) in [5.41, 5.74) is 3.52. The van der Waals surface area contributed by atoms with Crippen molar-refractivity contribution in [2.45, 2.75) is 53.1 Å². The van der Waals surface area contributed by atoms with Gasteiger partial charge in [-0.15, -0.1) is 11.3 Å². The second kappa shape index (κ2) is 11.7. The maximum Gasteiger partial charge on any atom is 0.251 e. The molecule has 6 heterocycles. The number of carbonyl (C=O) groups excluding carboxylic acids is 2. The number of thiophene rings is 1. The van der Waals surface area contributed by atoms with Gasteiger partial charge in [0.15, 0.2) is 5.65 Å². The second-order valence-electron chi connectivity index (χ2n) is 12.4. The van der Waals surface area contributed by atoms with Gasteiger partial charge in [-0.2, -0.15) is 5.10 Å². The van der Waals surface area contributed by atoms with E-state index in [1.165, 1.54) is 0 Å². The maximum atomic E-state index is 13.6. The second-order valence-corrected chi connectivity index (χ2v) is 13.3. The smallest absolute Gasteiger partial charge is 0.251 e. The van der Waals surface area contributed by atoms with Crippen molar-refractivity contribution in [1.29, 1.82) is 0 Å². The molecule has 2 unspecified atom stereocenters. The Labute approximate surface area is 256 Å². The highest BCUT2D eigenvalue weighted by molar-refractivity contribution is 7.13. The summed E-state index contributed by atoms with van der Waals surface area (Å²) < 4.78 is 1.73. The number of amides is 2. The van der Waals surface area contributed by atoms with Crippen LogP contribution in [0.3, 0.4) is 0 Å². The Hall–Kier alpha value is -3.83. The van der Waals surface area contributed by atoms with Gasteiger partial charge in [0.1, 0.15) is 11.9 Å². The standard InChI is InChI=1S/C32H40N8O2S/c1-6-37(7-2)21(3)17-33-30(41)22-15-25(23-18-34-40-13-10-24(36-29(23)40)27-9-8-14-43-27)35-28(16-22)39-12-11-26(39)31(42)38-19-32(4,5)20-38/h8-10,13-16,18,21,26H,6-7,11-12,17,19-20H2,1-5H3,(H,33,41). The highest BCUT2D eigenvalue weighted by atomic mass is 32.1. The predicted molar refractivity (Wildman–Crippen MR) is 170 cm³/mol. The van der Waals surface area contributed by atoms with E-state index in [2.05, 4.69) is 49.9 Å². The average Bonchev–Trinajstić information content (AvgIpc) is 3.64. The number of nitrogens with zero attached hydrogens (tertiary/aromatic N) is 7. The van der Waals surface area contributed by atoms with Gasteiger partial charge < -0.3 is 15.1 Å². The Balaban J connectivity index is 1.34. The molecule has 43 heavy (non-hydrogen) atoms. The first-order valence-corrected chi connectivity index (χ1v) is 16.0. The number of rotatable bonds is 10. The van der Waals surface area contributed by atoms with E-state index in [1.807, 2.05) is 51.7 Å². The molecule has 226 valence electrons. The zero-order valence-corrected chi connectivity index (χ0v) is 26.4. The molecule has 4 aromatic rings. The van der Waals surface area contributed by atoms with Crippen molar-refractivity contribution in [1.82, 2.24) is 34.7 Å². The average molecular weight is 601 g/mol. The molecule has 0 aliphatic carbocycles. The van der Waals surface area contributed by atoms with Crippen LogP contribution in [0.4, 0.5) is 5.82 Å². The van der Waals surface area contributed by atoms with E-state index in [0.717, 1.165) is 48.7 Å². The summed E-state index contributed by atoms with van der Waals surface area (Å²) in [6, 6.07) is 9.56. The van der Waals surface area contributed by atoms with Crippen molar-refractivity contribution in [2.75, 3.05) is 44.2 Å². The third-order valence-corrected chi connectivity index (χ3v) is 9.53. The summed E-state index contributed by atoms with van der Waals surface area (Å²) in [7, 11) is 0. The van der Waals surface area contributed by atoms with Crippen molar-refractivity contribution < 1.29 is 9.59 Å². The number of hydrogen-bond donors (Lipinski definition) is 1. The monoisotopic (exact) mass is 600 g/mol. The van der Waals surface area contributed by atoms with E-state index in [1.54, 1.807) is 22.0 Å². The zero-order chi connectivity index (χ0) is 30.3. The molecule has 0 radical (unpaired) electrons. The number of hydrogen-bond acceptors (Lipinski definition) is 8. The van der Waals surface area contributed by atoms with Crippen LogP contribution >= 0.6 is 11.3 Å². The Kier molecular flexibility index (Phi) is 7.95. The molecule has 2 aliphatic rings. The SMILES string of the molecule is CCN(CC)C(C)CNC(=O)c1cc(-c2cnn3ccc(-c4cccs4)nc23)nc(N2CCC2C(=O)N2CC(C)(C)C2)c1. The van der Waals surface area contributed by atoms with Crippen LogP contribution in [-0.4, -0.2) is 92.5 Å². The normalized spacial score (nSPS) is 18.4. The number of anilines is 1. The fourth-order valence-corrected chi connectivity index (χ4v) is 6.83. The van der Waals surface area contributed by atoms with Crippen molar-refractivity contribution in [3.8, 4) is 21.8 Å². The first-order chi connectivity index (χ1) is 20.7. The number of nitrogens with one attached hydrogen (secondary N) is 1. The van der Waals surface area contributed by atoms with Gasteiger partial charge in [-0.05, 0) is 61.5 Å². The van der Waals surface area contributed by atoms with Crippen molar-refractivity contribution in [3.63, 3.8) is 0 Å². The first-order valence-electron chi connectivity index (χ1n) is 15.2. The van der Waals surface area contributed by atoms with Crippen LogP contribution in [0.15, 0.2) is 48.1 Å². The molecule has 10 nitrogen and oxygen atoms in total. The summed E-state index contributed by atoms with van der Waals surface area (Å²) in [5, 5.41) is 9.69. The van der Waals surface area contributed by atoms with Gasteiger partial charge in [-0.1, -0.05) is 33.8 Å². The minimum atomic E-state index is -0.273. The Bertz CT molecular complexity index is 1620. The molecule has 2 fully saturated rings. The van der Waals surface area contributed by atoms with E-state index >= 15 is 0 Å². The lowest BCUT2D eigenvalue weighted by atomic mass is 9.83. The lowest BCUT2D eigenvalue weighted by Gasteiger charge is -2.50. The number of likely N-dealkylation sites (N-methyl/N-ethyl adjacent to an activating group) is 1. The van der Waals surface area contributed by atoms with Gasteiger partial charge in [0.05, 0.1) is 28.0 Å². The van der Waals surface area contributed by atoms with E-state index < -0.39 is 0 Å². The number of pyridine rings is 1. The summed E-state index contributed by atoms with van der Waals surface area (Å²) >= 11 is 1.63. The van der Waals surface area contributed by atoms with Gasteiger partial charge in [0, 0.05) is 44.0 Å². The molecule has 2 saturated heterocycles. The summed E-state index contributed by atoms with van der Waals surface area (Å²) in [6.45, 7) is 15.4. The Morgan fingerprint density at radius 1 is 1.14 bits per heavy atom. The minimum Gasteiger partial charge on any atom is -0.350 e. The quantitative estimate of drug-likeness (QED) is 0.288. The molecule has 11 heteroatoms. The molecule has 1 N–H and O–H groups in total. The van der Waals surface area contributed by atoms with Crippen LogP contribution in [0, 0.1) is 5.41 Å². The number of carbonyl (C=O) groups is 2. The molecule has 2 amide bonds. The Morgan fingerprint density at radius 3 is 2.58 bits per heavy atom. The maximum absolute atomic E-state index is 13.6. The lowest BCUT2D eigenvalue weighted by Crippen LogP contribution is -2.64. The molecule has 4 aromatic heterocycles. The van der Waals surface area contributed by atoms with Crippen LogP contribution in [0.5, 0.6) is 0 Å². The van der Waals surface area contributed by atoms with Crippen LogP contribution in [0.25, 0.3) is 27.5 Å². The van der Waals surface area contributed by atoms with E-state index in [-0.39, 0.29) is 29.3 Å². The van der Waals surface area contributed by atoms with Crippen LogP contribution in [0.2, 0.25) is 0 Å². The van der Waals surface area contributed by atoms with Gasteiger partial charge in [0.2, 0.25) is 5.91 Å². The van der Waals surface area contributed by atoms with E-state index in [0.29, 0.717) is 35.8 Å². The summed E-state index contributed by atoms with van der Waals surface area (Å²) in [4.78, 5) is 44.3. The fourth-order valence-electron chi connectivity index (χ4n) is 6.13. The number of aromatic nitrogens is 4. The third kappa shape index (κ3) is 5.75. The minimum absolute atomic E-state index is 0.134. The highest BCUT2D eigenvalue weighted by Crippen LogP contribution is 2.35. The van der Waals surface area contributed by atoms with E-state index in [9.17, 15) is 9.59 Å². The molecule has 0 bridgehead atoms. The fraction of sp³-hybridized carbons (Fsp3) is 0.469. The third-order valence-electron chi connectivity index (χ3n) is 8.63. The molecular formula is C32H40N8O2S. The predicted octanol–water partition coefficient (Wildman–Crippen LogP) is 4.43. The molecule has 6 rings (SSSR count). The summed E-state index contributed by atoms with van der Waals surface area (Å²) in [6.07, 6.45) is 4.41. The molecule has 0 aromatic carbocycles. The van der Waals surface area contributed by atoms with Crippen LogP contribution in [-0.2, 0) is 4.79 Å². The van der Waals surface area contributed by atoms with Gasteiger partial charge in [-0.3, -0.25) is 14.5 Å². The summed E-state index contributed by atoms with van der Waals surface area (Å²) in [5.74, 6) is 0.591. The molecule has 2 atom stereocenters. The Morgan fingerprint density at radius 2 is 1.93 bits per heavy atom. The number of likely N-dealkylation sites (tertiary alicyclic amines) is 1. The highest BCUT2D eigenvalue weighted by Gasteiger charge is 2.44. The van der Waals surface area contributed by atoms with Crippen molar-refractivity contribution in [2.24, 2.45) is 5.41 Å². The van der Waals surface area contributed by atoms with Crippen LogP contribution < -0.4 is 10.2 Å². The van der Waals surface area contributed by atoms with Gasteiger partial charge >= 0.3 is 0 Å². The molecular weight excluding hydrogens is 560 g/mol. The van der Waals surface area contributed by atoms with Crippen molar-refractivity contribution in [3.05, 3.63) is 53.7 Å². The largest absolute Gasteiger partial charge is 0.350 e. The zero-order valence-electron chi connectivity index (χ0n) is 25.6. The van der Waals surface area contributed by atoms with Crippen LogP contribution in [0.1, 0.15) is 51.4 Å². The van der Waals surface area contributed by atoms with Gasteiger partial charge in [0.25, 0.3) is 5.91 Å². The topological polar surface area (TPSA) is 99.0 Å². The molecule has 2 aliphatic heterocycles. The van der Waals surface area contributed by atoms with Gasteiger partial charge in [-0.25, -0.2) is 14.5 Å². The van der Waals surface area contributed by atoms with E-state index in [4.69, 9.17) is 9.97 Å².